The second-order valence-electron chi connectivity index (χ2n) is 8.20. The van der Waals surface area contributed by atoms with E-state index in [9.17, 15) is 9.59 Å². The van der Waals surface area contributed by atoms with Crippen LogP contribution in [0.2, 0.25) is 5.02 Å². The molecule has 0 spiro atoms. The predicted molar refractivity (Wildman–Crippen MR) is 136 cm³/mol. The van der Waals surface area contributed by atoms with Crippen molar-refractivity contribution in [3.63, 3.8) is 0 Å². The number of imidazole rings is 1. The van der Waals surface area contributed by atoms with Gasteiger partial charge in [-0.25, -0.2) is 20.2 Å². The molecule has 1 heterocycles. The maximum absolute atomic E-state index is 13.3. The number of hydrogen-bond acceptors (Lipinski definition) is 4. The van der Waals surface area contributed by atoms with Crippen LogP contribution < -0.4 is 15.5 Å². The SMILES string of the molecule is CNC(=O)NN(Cc1ccc2nc(-c3ccccc3)[nH]c2c1)C(=O)c1ccc(OC(C)C)c(Cl)c1. The second kappa shape index (κ2) is 10.5. The van der Waals surface area contributed by atoms with E-state index in [0.717, 1.165) is 28.0 Å². The monoisotopic (exact) mass is 491 g/mol. The molecule has 0 bridgehead atoms. The minimum atomic E-state index is -0.516. The Kier molecular flexibility index (Phi) is 7.22. The molecule has 3 aromatic carbocycles. The number of rotatable bonds is 6. The third-order valence-corrected chi connectivity index (χ3v) is 5.48. The van der Waals surface area contributed by atoms with E-state index < -0.39 is 11.9 Å². The summed E-state index contributed by atoms with van der Waals surface area (Å²) in [6.45, 7) is 3.91. The first-order chi connectivity index (χ1) is 16.8. The van der Waals surface area contributed by atoms with Gasteiger partial charge in [-0.1, -0.05) is 48.0 Å². The number of urea groups is 1. The smallest absolute Gasteiger partial charge is 0.333 e. The Labute approximate surface area is 208 Å². The molecule has 4 rings (SSSR count). The lowest BCUT2D eigenvalue weighted by Gasteiger charge is -2.23. The Balaban J connectivity index is 1.60. The minimum absolute atomic E-state index is 0.0553. The Morgan fingerprint density at radius 2 is 1.86 bits per heavy atom. The number of nitrogens with one attached hydrogen (secondary N) is 3. The van der Waals surface area contributed by atoms with Crippen LogP contribution in [-0.2, 0) is 6.54 Å². The second-order valence-corrected chi connectivity index (χ2v) is 8.60. The molecule has 0 saturated carbocycles. The van der Waals surface area contributed by atoms with Gasteiger partial charge >= 0.3 is 6.03 Å². The molecule has 0 saturated heterocycles. The normalized spacial score (nSPS) is 10.9. The summed E-state index contributed by atoms with van der Waals surface area (Å²) in [5, 5.41) is 4.03. The van der Waals surface area contributed by atoms with Crippen LogP contribution in [0.1, 0.15) is 29.8 Å². The Bertz CT molecular complexity index is 1350. The molecule has 9 heteroatoms. The summed E-state index contributed by atoms with van der Waals surface area (Å²) in [6, 6.07) is 19.8. The highest BCUT2D eigenvalue weighted by atomic mass is 35.5. The van der Waals surface area contributed by atoms with Crippen LogP contribution in [0, 0.1) is 0 Å². The molecule has 3 N–H and O–H groups in total. The maximum Gasteiger partial charge on any atom is 0.333 e. The average Bonchev–Trinajstić information content (AvgIpc) is 3.28. The molecule has 0 radical (unpaired) electrons. The highest BCUT2D eigenvalue weighted by Crippen LogP contribution is 2.27. The van der Waals surface area contributed by atoms with Gasteiger partial charge < -0.3 is 15.0 Å². The molecular formula is C26H26ClN5O3. The molecule has 0 aliphatic heterocycles. The van der Waals surface area contributed by atoms with E-state index in [1.165, 1.54) is 18.1 Å². The van der Waals surface area contributed by atoms with Crippen molar-refractivity contribution in [2.24, 2.45) is 0 Å². The number of aromatic nitrogens is 2. The molecular weight excluding hydrogens is 466 g/mol. The van der Waals surface area contributed by atoms with Crippen molar-refractivity contribution in [1.29, 1.82) is 0 Å². The molecule has 3 amide bonds. The molecule has 0 atom stereocenters. The van der Waals surface area contributed by atoms with Crippen molar-refractivity contribution in [2.75, 3.05) is 7.05 Å². The van der Waals surface area contributed by atoms with E-state index in [1.807, 2.05) is 62.4 Å². The zero-order valence-corrected chi connectivity index (χ0v) is 20.4. The van der Waals surface area contributed by atoms with Crippen molar-refractivity contribution in [1.82, 2.24) is 25.7 Å². The number of carbonyl (C=O) groups is 2. The van der Waals surface area contributed by atoms with Gasteiger partial charge in [0.05, 0.1) is 28.7 Å². The number of aromatic amines is 1. The maximum atomic E-state index is 13.3. The van der Waals surface area contributed by atoms with E-state index >= 15 is 0 Å². The van der Waals surface area contributed by atoms with Gasteiger partial charge in [-0.05, 0) is 49.7 Å². The summed E-state index contributed by atoms with van der Waals surface area (Å²) in [7, 11) is 1.48. The highest BCUT2D eigenvalue weighted by molar-refractivity contribution is 6.32. The lowest BCUT2D eigenvalue weighted by atomic mass is 10.1. The first-order valence-electron chi connectivity index (χ1n) is 11.1. The van der Waals surface area contributed by atoms with E-state index in [0.29, 0.717) is 16.3 Å². The van der Waals surface area contributed by atoms with Crippen LogP contribution in [-0.4, -0.2) is 40.1 Å². The Morgan fingerprint density at radius 3 is 2.54 bits per heavy atom. The van der Waals surface area contributed by atoms with Crippen LogP contribution >= 0.6 is 11.6 Å². The molecule has 8 nitrogen and oxygen atoms in total. The summed E-state index contributed by atoms with van der Waals surface area (Å²) >= 11 is 6.33. The van der Waals surface area contributed by atoms with Gasteiger partial charge in [-0.15, -0.1) is 0 Å². The number of nitrogens with zero attached hydrogens (tertiary/aromatic N) is 2. The van der Waals surface area contributed by atoms with E-state index in [-0.39, 0.29) is 12.6 Å². The molecule has 35 heavy (non-hydrogen) atoms. The number of halogens is 1. The van der Waals surface area contributed by atoms with Crippen LogP contribution in [0.3, 0.4) is 0 Å². The first kappa shape index (κ1) is 24.1. The molecule has 0 fully saturated rings. The number of ether oxygens (including phenoxy) is 1. The summed E-state index contributed by atoms with van der Waals surface area (Å²) in [6.07, 6.45) is -0.0553. The van der Waals surface area contributed by atoms with Gasteiger partial charge in [0.2, 0.25) is 0 Å². The third-order valence-electron chi connectivity index (χ3n) is 5.18. The molecule has 1 aromatic heterocycles. The van der Waals surface area contributed by atoms with Crippen molar-refractivity contribution < 1.29 is 14.3 Å². The van der Waals surface area contributed by atoms with Gasteiger partial charge in [0.25, 0.3) is 5.91 Å². The zero-order chi connectivity index (χ0) is 24.9. The summed E-state index contributed by atoms with van der Waals surface area (Å²) in [4.78, 5) is 33.4. The van der Waals surface area contributed by atoms with Gasteiger partial charge in [0.1, 0.15) is 11.6 Å². The number of hydrazine groups is 1. The number of hydrogen-bond donors (Lipinski definition) is 3. The molecule has 4 aromatic rings. The van der Waals surface area contributed by atoms with Crippen LogP contribution in [0.4, 0.5) is 4.79 Å². The predicted octanol–water partition coefficient (Wildman–Crippen LogP) is 5.16. The fourth-order valence-electron chi connectivity index (χ4n) is 3.55. The molecule has 0 unspecified atom stereocenters. The zero-order valence-electron chi connectivity index (χ0n) is 19.6. The minimum Gasteiger partial charge on any atom is -0.489 e. The lowest BCUT2D eigenvalue weighted by molar-refractivity contribution is 0.0666. The van der Waals surface area contributed by atoms with Crippen molar-refractivity contribution in [3.8, 4) is 17.1 Å². The molecule has 0 aliphatic rings. The van der Waals surface area contributed by atoms with Gasteiger partial charge in [0.15, 0.2) is 0 Å². The van der Waals surface area contributed by atoms with E-state index in [1.54, 1.807) is 12.1 Å². The fraction of sp³-hybridized carbons (Fsp3) is 0.192. The fourth-order valence-corrected chi connectivity index (χ4v) is 3.78. The average molecular weight is 492 g/mol. The quantitative estimate of drug-likeness (QED) is 0.324. The van der Waals surface area contributed by atoms with E-state index in [2.05, 4.69) is 20.7 Å². The number of H-pyrrole nitrogens is 1. The van der Waals surface area contributed by atoms with E-state index in [4.69, 9.17) is 16.3 Å². The van der Waals surface area contributed by atoms with Crippen molar-refractivity contribution in [3.05, 3.63) is 82.9 Å². The Morgan fingerprint density at radius 1 is 1.09 bits per heavy atom. The van der Waals surface area contributed by atoms with Crippen LogP contribution in [0.15, 0.2) is 66.7 Å². The largest absolute Gasteiger partial charge is 0.489 e. The summed E-state index contributed by atoms with van der Waals surface area (Å²) in [5.41, 5.74) is 6.32. The van der Waals surface area contributed by atoms with Gasteiger partial charge in [0, 0.05) is 18.2 Å². The number of carbonyl (C=O) groups excluding carboxylic acids is 2. The van der Waals surface area contributed by atoms with Crippen LogP contribution in [0.5, 0.6) is 5.75 Å². The van der Waals surface area contributed by atoms with Crippen LogP contribution in [0.25, 0.3) is 22.4 Å². The first-order valence-corrected chi connectivity index (χ1v) is 11.5. The molecule has 0 aliphatic carbocycles. The molecule has 180 valence electrons. The standard InChI is InChI=1S/C26H26ClN5O3/c1-16(2)35-23-12-10-19(14-20(23)27)25(33)32(31-26(34)28-3)15-17-9-11-21-22(13-17)30-24(29-21)18-7-5-4-6-8-18/h4-14,16H,15H2,1-3H3,(H,29,30)(H2,28,31,34). The third kappa shape index (κ3) is 5.73. The lowest BCUT2D eigenvalue weighted by Crippen LogP contribution is -2.48. The van der Waals surface area contributed by atoms with Crippen molar-refractivity contribution in [2.45, 2.75) is 26.5 Å². The highest BCUT2D eigenvalue weighted by Gasteiger charge is 2.20. The number of amides is 3. The summed E-state index contributed by atoms with van der Waals surface area (Å²) in [5.74, 6) is 0.830. The van der Waals surface area contributed by atoms with Gasteiger partial charge in [-0.2, -0.15) is 0 Å². The number of benzene rings is 3. The number of fused-ring (bicyclic) bond motifs is 1. The van der Waals surface area contributed by atoms with Gasteiger partial charge in [-0.3, -0.25) is 4.79 Å². The van der Waals surface area contributed by atoms with Crippen molar-refractivity contribution >= 4 is 34.6 Å². The summed E-state index contributed by atoms with van der Waals surface area (Å²) < 4.78 is 5.65. The Hall–Kier alpha value is -4.04. The topological polar surface area (TPSA) is 99.4 Å².